The van der Waals surface area contributed by atoms with Crippen LogP contribution in [0.3, 0.4) is 0 Å². The molecule has 0 fully saturated rings. The Bertz CT molecular complexity index is 632. The standard InChI is InChI=1S/C14H22N2O6S/c1-10(14(18)15-7-4-8-17)16-23(19,20)11-5-6-12(21-2)13(9-11)22-3/h5-6,9-10,16-17H,4,7-8H2,1-3H3,(H,15,18)/t10-/m0/s1. The molecule has 0 aliphatic heterocycles. The molecule has 0 aromatic heterocycles. The van der Waals surface area contributed by atoms with Crippen LogP contribution in [0.1, 0.15) is 13.3 Å². The minimum atomic E-state index is -3.89. The summed E-state index contributed by atoms with van der Waals surface area (Å²) in [4.78, 5) is 11.7. The average molecular weight is 346 g/mol. The number of carbonyl (C=O) groups excluding carboxylic acids is 1. The summed E-state index contributed by atoms with van der Waals surface area (Å²) >= 11 is 0. The summed E-state index contributed by atoms with van der Waals surface area (Å²) in [7, 11) is -1.04. The van der Waals surface area contributed by atoms with E-state index < -0.39 is 22.0 Å². The number of amides is 1. The number of rotatable bonds is 9. The van der Waals surface area contributed by atoms with Crippen molar-refractivity contribution >= 4 is 15.9 Å². The van der Waals surface area contributed by atoms with Gasteiger partial charge in [-0.3, -0.25) is 4.79 Å². The molecule has 0 aliphatic carbocycles. The van der Waals surface area contributed by atoms with Gasteiger partial charge in [-0.25, -0.2) is 8.42 Å². The molecule has 1 aromatic rings. The van der Waals surface area contributed by atoms with Crippen LogP contribution in [0, 0.1) is 0 Å². The van der Waals surface area contributed by atoms with Crippen molar-refractivity contribution in [3.8, 4) is 11.5 Å². The first-order valence-corrected chi connectivity index (χ1v) is 8.47. The van der Waals surface area contributed by atoms with Crippen molar-refractivity contribution in [2.45, 2.75) is 24.3 Å². The van der Waals surface area contributed by atoms with Crippen molar-refractivity contribution in [2.24, 2.45) is 0 Å². The predicted octanol–water partition coefficient (Wildman–Crippen LogP) is -0.131. The number of hydrogen-bond acceptors (Lipinski definition) is 6. The van der Waals surface area contributed by atoms with Gasteiger partial charge in [0.25, 0.3) is 0 Å². The Morgan fingerprint density at radius 2 is 1.91 bits per heavy atom. The molecule has 9 heteroatoms. The average Bonchev–Trinajstić information content (AvgIpc) is 2.53. The van der Waals surface area contributed by atoms with E-state index in [4.69, 9.17) is 14.6 Å². The van der Waals surface area contributed by atoms with Crippen LogP contribution in [0.5, 0.6) is 11.5 Å². The number of carbonyl (C=O) groups is 1. The third kappa shape index (κ3) is 5.38. The molecule has 0 saturated carbocycles. The fourth-order valence-corrected chi connectivity index (χ4v) is 3.00. The molecule has 23 heavy (non-hydrogen) atoms. The monoisotopic (exact) mass is 346 g/mol. The van der Waals surface area contributed by atoms with Crippen LogP contribution in [0.15, 0.2) is 23.1 Å². The first-order chi connectivity index (χ1) is 10.9. The van der Waals surface area contributed by atoms with Gasteiger partial charge in [0.15, 0.2) is 11.5 Å². The van der Waals surface area contributed by atoms with Crippen LogP contribution in [0.4, 0.5) is 0 Å². The molecule has 0 bridgehead atoms. The number of hydrogen-bond donors (Lipinski definition) is 3. The topological polar surface area (TPSA) is 114 Å². The van der Waals surface area contributed by atoms with E-state index in [0.717, 1.165) is 0 Å². The lowest BCUT2D eigenvalue weighted by atomic mass is 10.3. The second kappa shape index (κ2) is 8.70. The summed E-state index contributed by atoms with van der Waals surface area (Å²) in [6.45, 7) is 1.66. The lowest BCUT2D eigenvalue weighted by Crippen LogP contribution is -2.45. The Kier molecular flexibility index (Phi) is 7.27. The van der Waals surface area contributed by atoms with E-state index in [2.05, 4.69) is 10.0 Å². The Balaban J connectivity index is 2.84. The van der Waals surface area contributed by atoms with Gasteiger partial charge in [0, 0.05) is 19.2 Å². The SMILES string of the molecule is COc1ccc(S(=O)(=O)N[C@@H](C)C(=O)NCCCO)cc1OC. The van der Waals surface area contributed by atoms with Crippen LogP contribution in [0.2, 0.25) is 0 Å². The van der Waals surface area contributed by atoms with Crippen molar-refractivity contribution in [2.75, 3.05) is 27.4 Å². The maximum absolute atomic E-state index is 12.3. The second-order valence-electron chi connectivity index (χ2n) is 4.73. The fourth-order valence-electron chi connectivity index (χ4n) is 1.78. The molecule has 1 atom stereocenters. The largest absolute Gasteiger partial charge is 0.493 e. The molecule has 1 aromatic carbocycles. The van der Waals surface area contributed by atoms with Gasteiger partial charge in [0.2, 0.25) is 15.9 Å². The van der Waals surface area contributed by atoms with Crippen molar-refractivity contribution in [3.05, 3.63) is 18.2 Å². The van der Waals surface area contributed by atoms with Crippen LogP contribution in [-0.2, 0) is 14.8 Å². The third-order valence-corrected chi connectivity index (χ3v) is 4.56. The minimum Gasteiger partial charge on any atom is -0.493 e. The lowest BCUT2D eigenvalue weighted by molar-refractivity contribution is -0.122. The zero-order chi connectivity index (χ0) is 17.5. The van der Waals surface area contributed by atoms with Gasteiger partial charge < -0.3 is 19.9 Å². The molecule has 1 rings (SSSR count). The minimum absolute atomic E-state index is 0.0369. The fraction of sp³-hybridized carbons (Fsp3) is 0.500. The normalized spacial score (nSPS) is 12.5. The van der Waals surface area contributed by atoms with Gasteiger partial charge in [-0.05, 0) is 25.5 Å². The van der Waals surface area contributed by atoms with Gasteiger partial charge >= 0.3 is 0 Å². The van der Waals surface area contributed by atoms with E-state index in [-0.39, 0.29) is 23.8 Å². The summed E-state index contributed by atoms with van der Waals surface area (Å²) in [5, 5.41) is 11.2. The van der Waals surface area contributed by atoms with Crippen LogP contribution in [0.25, 0.3) is 0 Å². The first kappa shape index (κ1) is 19.2. The molecule has 0 aliphatic rings. The summed E-state index contributed by atoms with van der Waals surface area (Å²) < 4.78 is 37.0. The highest BCUT2D eigenvalue weighted by atomic mass is 32.2. The molecule has 0 radical (unpaired) electrons. The van der Waals surface area contributed by atoms with E-state index in [9.17, 15) is 13.2 Å². The van der Waals surface area contributed by atoms with Gasteiger partial charge in [0.1, 0.15) is 0 Å². The quantitative estimate of drug-likeness (QED) is 0.537. The number of benzene rings is 1. The number of nitrogens with one attached hydrogen (secondary N) is 2. The van der Waals surface area contributed by atoms with Crippen molar-refractivity contribution in [3.63, 3.8) is 0 Å². The molecule has 0 heterocycles. The number of sulfonamides is 1. The highest BCUT2D eigenvalue weighted by molar-refractivity contribution is 7.89. The van der Waals surface area contributed by atoms with E-state index in [0.29, 0.717) is 12.2 Å². The number of methoxy groups -OCH3 is 2. The molecule has 1 amide bonds. The van der Waals surface area contributed by atoms with Crippen LogP contribution >= 0.6 is 0 Å². The van der Waals surface area contributed by atoms with Gasteiger partial charge in [-0.15, -0.1) is 0 Å². The van der Waals surface area contributed by atoms with E-state index in [1.54, 1.807) is 0 Å². The Hall–Kier alpha value is -1.84. The number of aliphatic hydroxyl groups is 1. The first-order valence-electron chi connectivity index (χ1n) is 6.98. The van der Waals surface area contributed by atoms with Gasteiger partial charge in [-0.2, -0.15) is 4.72 Å². The molecule has 130 valence electrons. The zero-order valence-electron chi connectivity index (χ0n) is 13.3. The van der Waals surface area contributed by atoms with Crippen molar-refractivity contribution in [1.82, 2.24) is 10.0 Å². The Morgan fingerprint density at radius 1 is 1.26 bits per heavy atom. The smallest absolute Gasteiger partial charge is 0.241 e. The maximum Gasteiger partial charge on any atom is 0.241 e. The van der Waals surface area contributed by atoms with E-state index in [1.807, 2.05) is 0 Å². The molecular formula is C14H22N2O6S. The zero-order valence-corrected chi connectivity index (χ0v) is 14.1. The lowest BCUT2D eigenvalue weighted by Gasteiger charge is -2.15. The summed E-state index contributed by atoms with van der Waals surface area (Å²) in [5.41, 5.74) is 0. The van der Waals surface area contributed by atoms with Crippen LogP contribution < -0.4 is 19.5 Å². The second-order valence-corrected chi connectivity index (χ2v) is 6.44. The summed E-state index contributed by atoms with van der Waals surface area (Å²) in [6, 6.07) is 3.20. The summed E-state index contributed by atoms with van der Waals surface area (Å²) in [5.74, 6) is 0.208. The highest BCUT2D eigenvalue weighted by Crippen LogP contribution is 2.29. The maximum atomic E-state index is 12.3. The molecule has 0 unspecified atom stereocenters. The third-order valence-electron chi connectivity index (χ3n) is 3.02. The molecular weight excluding hydrogens is 324 g/mol. The Morgan fingerprint density at radius 3 is 2.48 bits per heavy atom. The van der Waals surface area contributed by atoms with Crippen LogP contribution in [-0.4, -0.2) is 52.8 Å². The predicted molar refractivity (Wildman–Crippen MR) is 84.0 cm³/mol. The Labute approximate surface area is 135 Å². The number of ether oxygens (including phenoxy) is 2. The highest BCUT2D eigenvalue weighted by Gasteiger charge is 2.23. The molecule has 3 N–H and O–H groups in total. The molecule has 8 nitrogen and oxygen atoms in total. The molecule has 0 spiro atoms. The van der Waals surface area contributed by atoms with E-state index in [1.165, 1.54) is 39.3 Å². The van der Waals surface area contributed by atoms with E-state index >= 15 is 0 Å². The van der Waals surface area contributed by atoms with Crippen molar-refractivity contribution < 1.29 is 27.8 Å². The molecule has 0 saturated heterocycles. The van der Waals surface area contributed by atoms with Crippen molar-refractivity contribution in [1.29, 1.82) is 0 Å². The van der Waals surface area contributed by atoms with Gasteiger partial charge in [0.05, 0.1) is 25.2 Å². The number of aliphatic hydroxyl groups excluding tert-OH is 1. The summed E-state index contributed by atoms with van der Waals surface area (Å²) in [6.07, 6.45) is 0.404. The van der Waals surface area contributed by atoms with Gasteiger partial charge in [-0.1, -0.05) is 0 Å².